The van der Waals surface area contributed by atoms with E-state index in [1.54, 1.807) is 0 Å². The summed E-state index contributed by atoms with van der Waals surface area (Å²) in [5.74, 6) is -0.537. The lowest BCUT2D eigenvalue weighted by Crippen LogP contribution is -2.52. The van der Waals surface area contributed by atoms with Gasteiger partial charge in [0.2, 0.25) is 15.9 Å². The first-order valence-electron chi connectivity index (χ1n) is 12.2. The zero-order valence-corrected chi connectivity index (χ0v) is 22.2. The monoisotopic (exact) mass is 542 g/mol. The van der Waals surface area contributed by atoms with Gasteiger partial charge in [0.1, 0.15) is 12.4 Å². The second kappa shape index (κ2) is 12.7. The Morgan fingerprint density at radius 1 is 1.05 bits per heavy atom. The molecule has 0 unspecified atom stereocenters. The van der Waals surface area contributed by atoms with Crippen LogP contribution in [0.2, 0.25) is 0 Å². The number of rotatable bonds is 12. The Morgan fingerprint density at radius 2 is 1.71 bits per heavy atom. The van der Waals surface area contributed by atoms with E-state index in [9.17, 15) is 23.1 Å². The molecule has 204 valence electrons. The van der Waals surface area contributed by atoms with Gasteiger partial charge in [-0.2, -0.15) is 9.29 Å². The van der Waals surface area contributed by atoms with Gasteiger partial charge in [0.25, 0.3) is 0 Å². The number of aromatic nitrogens is 2. The minimum atomic E-state index is -3.96. The molecule has 0 aliphatic carbocycles. The third-order valence-corrected chi connectivity index (χ3v) is 7.64. The highest BCUT2D eigenvalue weighted by molar-refractivity contribution is 7.89. The summed E-state index contributed by atoms with van der Waals surface area (Å²) in [6.07, 6.45) is 0.332. The SMILES string of the molecule is CC(C)CN(C[C@@H](O)[C@H](Cc1ccccc1)NC(=O)Cn1ccc(N)nc1=O)S(=O)(=O)c1ccc(N)cc1. The Kier molecular flexibility index (Phi) is 9.61. The Labute approximate surface area is 222 Å². The standard InChI is InChI=1S/C26H34N6O5S/c1-18(2)15-32(38(36,37)21-10-8-20(27)9-11-21)16-23(33)22(14-19-6-4-3-5-7-19)29-25(34)17-31-13-12-24(28)30-26(31)35/h3-13,18,22-23,33H,14-17,27H2,1-2H3,(H,29,34)(H2,28,30,35)/t22-,23+/m0/s1. The molecule has 0 aliphatic heterocycles. The molecule has 2 aromatic carbocycles. The van der Waals surface area contributed by atoms with Crippen LogP contribution in [0.5, 0.6) is 0 Å². The summed E-state index contributed by atoms with van der Waals surface area (Å²) in [6, 6.07) is 15.6. The van der Waals surface area contributed by atoms with Crippen molar-refractivity contribution in [2.24, 2.45) is 5.92 Å². The van der Waals surface area contributed by atoms with Gasteiger partial charge in [-0.25, -0.2) is 13.2 Å². The quantitative estimate of drug-likeness (QED) is 0.244. The van der Waals surface area contributed by atoms with Crippen LogP contribution in [0.1, 0.15) is 19.4 Å². The number of hydrogen-bond acceptors (Lipinski definition) is 8. The smallest absolute Gasteiger partial charge is 0.349 e. The highest BCUT2D eigenvalue weighted by Gasteiger charge is 2.31. The lowest BCUT2D eigenvalue weighted by molar-refractivity contribution is -0.123. The maximum Gasteiger partial charge on any atom is 0.349 e. The van der Waals surface area contributed by atoms with Gasteiger partial charge in [-0.3, -0.25) is 9.36 Å². The Bertz CT molecular complexity index is 1380. The van der Waals surface area contributed by atoms with Crippen molar-refractivity contribution in [2.75, 3.05) is 24.6 Å². The molecule has 3 rings (SSSR count). The first-order chi connectivity index (χ1) is 18.0. The number of sulfonamides is 1. The second-order valence-electron chi connectivity index (χ2n) is 9.48. The molecule has 0 aliphatic rings. The minimum Gasteiger partial charge on any atom is -0.399 e. The number of carbonyl (C=O) groups is 1. The number of carbonyl (C=O) groups excluding carboxylic acids is 1. The van der Waals surface area contributed by atoms with Crippen LogP contribution in [-0.2, 0) is 27.8 Å². The number of hydrogen-bond donors (Lipinski definition) is 4. The van der Waals surface area contributed by atoms with E-state index in [0.29, 0.717) is 5.69 Å². The predicted octanol–water partition coefficient (Wildman–Crippen LogP) is 0.843. The first kappa shape index (κ1) is 28.8. The Hall–Kier alpha value is -3.74. The molecule has 0 radical (unpaired) electrons. The molecular formula is C26H34N6O5S. The average Bonchev–Trinajstić information content (AvgIpc) is 2.85. The number of nitrogens with one attached hydrogen (secondary N) is 1. The number of nitrogens with zero attached hydrogens (tertiary/aromatic N) is 3. The fourth-order valence-electron chi connectivity index (χ4n) is 3.92. The van der Waals surface area contributed by atoms with Crippen molar-refractivity contribution in [3.05, 3.63) is 82.9 Å². The summed E-state index contributed by atoms with van der Waals surface area (Å²) in [4.78, 5) is 28.6. The molecular weight excluding hydrogens is 508 g/mol. The van der Waals surface area contributed by atoms with Gasteiger partial charge in [-0.05, 0) is 48.2 Å². The van der Waals surface area contributed by atoms with Crippen LogP contribution >= 0.6 is 0 Å². The summed E-state index contributed by atoms with van der Waals surface area (Å²) in [6.45, 7) is 3.30. The van der Waals surface area contributed by atoms with Crippen LogP contribution in [-0.4, -0.2) is 58.5 Å². The van der Waals surface area contributed by atoms with E-state index in [4.69, 9.17) is 11.5 Å². The number of aliphatic hydroxyl groups is 1. The van der Waals surface area contributed by atoms with Crippen molar-refractivity contribution in [3.63, 3.8) is 0 Å². The number of benzene rings is 2. The number of nitrogens with two attached hydrogens (primary N) is 2. The summed E-state index contributed by atoms with van der Waals surface area (Å²) in [5, 5.41) is 14.0. The average molecular weight is 543 g/mol. The number of nitrogen functional groups attached to an aromatic ring is 2. The van der Waals surface area contributed by atoms with E-state index in [2.05, 4.69) is 10.3 Å². The zero-order chi connectivity index (χ0) is 27.9. The van der Waals surface area contributed by atoms with E-state index >= 15 is 0 Å². The molecule has 1 amide bonds. The van der Waals surface area contributed by atoms with Crippen molar-refractivity contribution in [1.29, 1.82) is 0 Å². The molecule has 1 aromatic heterocycles. The van der Waals surface area contributed by atoms with E-state index in [-0.39, 0.29) is 42.7 Å². The fourth-order valence-corrected chi connectivity index (χ4v) is 5.55. The maximum atomic E-state index is 13.5. The summed E-state index contributed by atoms with van der Waals surface area (Å²) in [5.41, 5.74) is 11.8. The van der Waals surface area contributed by atoms with Crippen molar-refractivity contribution in [1.82, 2.24) is 19.2 Å². The number of amides is 1. The molecule has 3 aromatic rings. The zero-order valence-electron chi connectivity index (χ0n) is 21.4. The van der Waals surface area contributed by atoms with E-state index in [1.165, 1.54) is 40.8 Å². The van der Waals surface area contributed by atoms with Gasteiger partial charge >= 0.3 is 5.69 Å². The molecule has 0 spiro atoms. The molecule has 11 nitrogen and oxygen atoms in total. The maximum absolute atomic E-state index is 13.5. The van der Waals surface area contributed by atoms with Crippen LogP contribution < -0.4 is 22.5 Å². The number of aliphatic hydroxyl groups excluding tert-OH is 1. The topological polar surface area (TPSA) is 174 Å². The van der Waals surface area contributed by atoms with E-state index < -0.39 is 33.8 Å². The van der Waals surface area contributed by atoms with Crippen LogP contribution in [0.25, 0.3) is 0 Å². The van der Waals surface area contributed by atoms with Crippen molar-refractivity contribution in [3.8, 4) is 0 Å². The molecule has 0 bridgehead atoms. The molecule has 0 saturated carbocycles. The molecule has 0 saturated heterocycles. The van der Waals surface area contributed by atoms with Crippen LogP contribution in [0.3, 0.4) is 0 Å². The van der Waals surface area contributed by atoms with Gasteiger partial charge in [-0.15, -0.1) is 0 Å². The highest BCUT2D eigenvalue weighted by atomic mass is 32.2. The molecule has 0 fully saturated rings. The van der Waals surface area contributed by atoms with Crippen LogP contribution in [0, 0.1) is 5.92 Å². The van der Waals surface area contributed by atoms with Gasteiger partial charge in [0, 0.05) is 25.0 Å². The van der Waals surface area contributed by atoms with Crippen LogP contribution in [0.15, 0.2) is 76.6 Å². The van der Waals surface area contributed by atoms with Gasteiger partial charge in [-0.1, -0.05) is 44.2 Å². The van der Waals surface area contributed by atoms with Gasteiger partial charge in [0.15, 0.2) is 0 Å². The molecule has 6 N–H and O–H groups in total. The lowest BCUT2D eigenvalue weighted by atomic mass is 10.0. The number of anilines is 2. The second-order valence-corrected chi connectivity index (χ2v) is 11.4. The normalized spacial score (nSPS) is 13.4. The fraction of sp³-hybridized carbons (Fsp3) is 0.346. The van der Waals surface area contributed by atoms with E-state index in [0.717, 1.165) is 10.1 Å². The van der Waals surface area contributed by atoms with Crippen LogP contribution in [0.4, 0.5) is 11.5 Å². The lowest BCUT2D eigenvalue weighted by Gasteiger charge is -2.31. The van der Waals surface area contributed by atoms with Crippen molar-refractivity contribution < 1.29 is 18.3 Å². The molecule has 38 heavy (non-hydrogen) atoms. The Morgan fingerprint density at radius 3 is 2.32 bits per heavy atom. The highest BCUT2D eigenvalue weighted by Crippen LogP contribution is 2.20. The van der Waals surface area contributed by atoms with Crippen molar-refractivity contribution in [2.45, 2.75) is 43.9 Å². The summed E-state index contributed by atoms with van der Waals surface area (Å²) < 4.78 is 29.2. The Balaban J connectivity index is 1.85. The molecule has 2 atom stereocenters. The van der Waals surface area contributed by atoms with Crippen molar-refractivity contribution >= 4 is 27.4 Å². The largest absolute Gasteiger partial charge is 0.399 e. The minimum absolute atomic E-state index is 0.0298. The third-order valence-electron chi connectivity index (χ3n) is 5.80. The van der Waals surface area contributed by atoms with E-state index in [1.807, 2.05) is 44.2 Å². The predicted molar refractivity (Wildman–Crippen MR) is 145 cm³/mol. The van der Waals surface area contributed by atoms with Gasteiger partial charge < -0.3 is 21.9 Å². The first-order valence-corrected chi connectivity index (χ1v) is 13.6. The molecule has 1 heterocycles. The summed E-state index contributed by atoms with van der Waals surface area (Å²) in [7, 11) is -3.96. The summed E-state index contributed by atoms with van der Waals surface area (Å²) >= 11 is 0. The molecule has 12 heteroatoms. The van der Waals surface area contributed by atoms with Gasteiger partial charge in [0.05, 0.1) is 17.0 Å². The third kappa shape index (κ3) is 7.88.